The molecule has 2 aliphatic rings. The van der Waals surface area contributed by atoms with Crippen LogP contribution in [0.15, 0.2) is 6.33 Å². The lowest BCUT2D eigenvalue weighted by atomic mass is 9.95. The third kappa shape index (κ3) is 3.77. The zero-order valence-corrected chi connectivity index (χ0v) is 14.2. The summed E-state index contributed by atoms with van der Waals surface area (Å²) in [5.41, 5.74) is 1.40. The minimum atomic E-state index is -0.172. The van der Waals surface area contributed by atoms with Crippen LogP contribution in [0.2, 0.25) is 0 Å². The van der Waals surface area contributed by atoms with Crippen LogP contribution < -0.4 is 10.6 Å². The molecule has 1 saturated carbocycles. The summed E-state index contributed by atoms with van der Waals surface area (Å²) in [6.07, 6.45) is 7.76. The summed E-state index contributed by atoms with van der Waals surface area (Å²) in [6.45, 7) is 1.55. The van der Waals surface area contributed by atoms with Crippen LogP contribution in [-0.2, 0) is 22.5 Å². The van der Waals surface area contributed by atoms with Gasteiger partial charge in [-0.05, 0) is 25.7 Å². The molecular weight excluding hydrogens is 308 g/mol. The van der Waals surface area contributed by atoms with Crippen LogP contribution in [-0.4, -0.2) is 47.7 Å². The van der Waals surface area contributed by atoms with Crippen LogP contribution in [0.5, 0.6) is 0 Å². The van der Waals surface area contributed by atoms with Gasteiger partial charge in [0.25, 0.3) is 5.91 Å². The van der Waals surface area contributed by atoms with E-state index in [9.17, 15) is 9.59 Å². The number of nitrogens with zero attached hydrogens (tertiary/aromatic N) is 2. The summed E-state index contributed by atoms with van der Waals surface area (Å²) >= 11 is 0. The van der Waals surface area contributed by atoms with Gasteiger partial charge in [-0.2, -0.15) is 0 Å². The SMILES string of the molecule is COCCNC(=O)c1ncn2c1CCC(C(=O)NC1CCCC1)C2. The van der Waals surface area contributed by atoms with E-state index in [0.29, 0.717) is 37.9 Å². The average molecular weight is 334 g/mol. The number of imidazole rings is 1. The largest absolute Gasteiger partial charge is 0.383 e. The molecule has 0 radical (unpaired) electrons. The fourth-order valence-corrected chi connectivity index (χ4v) is 3.61. The molecule has 2 amide bonds. The molecule has 24 heavy (non-hydrogen) atoms. The van der Waals surface area contributed by atoms with Gasteiger partial charge in [0.15, 0.2) is 0 Å². The van der Waals surface area contributed by atoms with Gasteiger partial charge < -0.3 is 19.9 Å². The van der Waals surface area contributed by atoms with Crippen molar-refractivity contribution in [1.29, 1.82) is 0 Å². The predicted molar refractivity (Wildman–Crippen MR) is 88.6 cm³/mol. The molecule has 0 bridgehead atoms. The van der Waals surface area contributed by atoms with E-state index >= 15 is 0 Å². The first-order valence-electron chi connectivity index (χ1n) is 8.80. The summed E-state index contributed by atoms with van der Waals surface area (Å²) in [7, 11) is 1.60. The highest BCUT2D eigenvalue weighted by Crippen LogP contribution is 2.24. The van der Waals surface area contributed by atoms with E-state index in [4.69, 9.17) is 4.74 Å². The highest BCUT2D eigenvalue weighted by atomic mass is 16.5. The van der Waals surface area contributed by atoms with Crippen molar-refractivity contribution in [1.82, 2.24) is 20.2 Å². The monoisotopic (exact) mass is 334 g/mol. The molecule has 1 aromatic rings. The Kier molecular flexibility index (Phi) is 5.50. The van der Waals surface area contributed by atoms with E-state index < -0.39 is 0 Å². The molecule has 3 rings (SSSR count). The second kappa shape index (κ2) is 7.79. The molecule has 1 atom stereocenters. The van der Waals surface area contributed by atoms with Crippen molar-refractivity contribution in [3.05, 3.63) is 17.7 Å². The van der Waals surface area contributed by atoms with Crippen LogP contribution >= 0.6 is 0 Å². The number of ether oxygens (including phenoxy) is 1. The molecule has 1 aromatic heterocycles. The first-order valence-corrected chi connectivity index (χ1v) is 8.80. The number of hydrogen-bond acceptors (Lipinski definition) is 4. The molecule has 1 fully saturated rings. The van der Waals surface area contributed by atoms with E-state index in [1.165, 1.54) is 12.8 Å². The van der Waals surface area contributed by atoms with Crippen molar-refractivity contribution >= 4 is 11.8 Å². The number of aromatic nitrogens is 2. The van der Waals surface area contributed by atoms with Crippen LogP contribution in [0.25, 0.3) is 0 Å². The average Bonchev–Trinajstić information content (AvgIpc) is 3.23. The number of amides is 2. The maximum atomic E-state index is 12.4. The smallest absolute Gasteiger partial charge is 0.271 e. The molecule has 132 valence electrons. The number of methoxy groups -OCH3 is 1. The molecule has 0 saturated heterocycles. The topological polar surface area (TPSA) is 85.2 Å². The third-order valence-electron chi connectivity index (χ3n) is 4.97. The summed E-state index contributed by atoms with van der Waals surface area (Å²) < 4.78 is 6.88. The summed E-state index contributed by atoms with van der Waals surface area (Å²) in [6, 6.07) is 0.351. The lowest BCUT2D eigenvalue weighted by Gasteiger charge is -2.25. The van der Waals surface area contributed by atoms with Crippen molar-refractivity contribution in [2.75, 3.05) is 20.3 Å². The van der Waals surface area contributed by atoms with Crippen molar-refractivity contribution < 1.29 is 14.3 Å². The van der Waals surface area contributed by atoms with Crippen molar-refractivity contribution in [3.63, 3.8) is 0 Å². The summed E-state index contributed by atoms with van der Waals surface area (Å²) in [5, 5.41) is 5.98. The zero-order valence-electron chi connectivity index (χ0n) is 14.2. The zero-order chi connectivity index (χ0) is 16.9. The first-order chi connectivity index (χ1) is 11.7. The Morgan fingerprint density at radius 3 is 2.88 bits per heavy atom. The van der Waals surface area contributed by atoms with Crippen LogP contribution in [0, 0.1) is 5.92 Å². The fraction of sp³-hybridized carbons (Fsp3) is 0.706. The Bertz CT molecular complexity index is 593. The minimum Gasteiger partial charge on any atom is -0.383 e. The number of hydrogen-bond donors (Lipinski definition) is 2. The van der Waals surface area contributed by atoms with Gasteiger partial charge in [-0.3, -0.25) is 9.59 Å². The number of rotatable bonds is 6. The highest BCUT2D eigenvalue weighted by Gasteiger charge is 2.30. The first kappa shape index (κ1) is 17.0. The maximum absolute atomic E-state index is 12.4. The fourth-order valence-electron chi connectivity index (χ4n) is 3.61. The molecule has 2 heterocycles. The standard InChI is InChI=1S/C17H26N4O3/c1-24-9-8-18-17(23)15-14-7-6-12(10-21(14)11-19-15)16(22)20-13-4-2-3-5-13/h11-13H,2-10H2,1H3,(H,18,23)(H,20,22). The van der Waals surface area contributed by atoms with Crippen molar-refractivity contribution in [3.8, 4) is 0 Å². The molecule has 0 spiro atoms. The Hall–Kier alpha value is -1.89. The molecule has 0 aromatic carbocycles. The summed E-state index contributed by atoms with van der Waals surface area (Å²) in [5.74, 6) is -0.0568. The maximum Gasteiger partial charge on any atom is 0.271 e. The Morgan fingerprint density at radius 2 is 2.12 bits per heavy atom. The van der Waals surface area contributed by atoms with Gasteiger partial charge in [0, 0.05) is 26.2 Å². The van der Waals surface area contributed by atoms with Gasteiger partial charge in [0.1, 0.15) is 5.69 Å². The Balaban J connectivity index is 1.58. The number of nitrogens with one attached hydrogen (secondary N) is 2. The van der Waals surface area contributed by atoms with Gasteiger partial charge in [0.05, 0.1) is 24.5 Å². The minimum absolute atomic E-state index is 0.0308. The molecular formula is C17H26N4O3. The number of carbonyl (C=O) groups excluding carboxylic acids is 2. The van der Waals surface area contributed by atoms with E-state index in [0.717, 1.165) is 25.0 Å². The van der Waals surface area contributed by atoms with E-state index in [-0.39, 0.29) is 17.7 Å². The van der Waals surface area contributed by atoms with Gasteiger partial charge >= 0.3 is 0 Å². The predicted octanol–water partition coefficient (Wildman–Crippen LogP) is 0.880. The lowest BCUT2D eigenvalue weighted by Crippen LogP contribution is -2.40. The van der Waals surface area contributed by atoms with E-state index in [1.54, 1.807) is 13.4 Å². The van der Waals surface area contributed by atoms with Gasteiger partial charge in [-0.1, -0.05) is 12.8 Å². The molecule has 7 nitrogen and oxygen atoms in total. The summed E-state index contributed by atoms with van der Waals surface area (Å²) in [4.78, 5) is 28.9. The quantitative estimate of drug-likeness (QED) is 0.756. The van der Waals surface area contributed by atoms with E-state index in [2.05, 4.69) is 15.6 Å². The second-order valence-corrected chi connectivity index (χ2v) is 6.67. The van der Waals surface area contributed by atoms with Crippen molar-refractivity contribution in [2.24, 2.45) is 5.92 Å². The van der Waals surface area contributed by atoms with Crippen LogP contribution in [0.4, 0.5) is 0 Å². The van der Waals surface area contributed by atoms with Crippen LogP contribution in [0.1, 0.15) is 48.3 Å². The Morgan fingerprint density at radius 1 is 1.33 bits per heavy atom. The van der Waals surface area contributed by atoms with Crippen LogP contribution in [0.3, 0.4) is 0 Å². The number of fused-ring (bicyclic) bond motifs is 1. The lowest BCUT2D eigenvalue weighted by molar-refractivity contribution is -0.126. The molecule has 7 heteroatoms. The number of carbonyl (C=O) groups is 2. The van der Waals surface area contributed by atoms with E-state index in [1.807, 2.05) is 4.57 Å². The molecule has 2 N–H and O–H groups in total. The third-order valence-corrected chi connectivity index (χ3v) is 4.97. The van der Waals surface area contributed by atoms with Crippen molar-refractivity contribution in [2.45, 2.75) is 51.1 Å². The molecule has 1 unspecified atom stereocenters. The van der Waals surface area contributed by atoms with Gasteiger partial charge in [0.2, 0.25) is 5.91 Å². The highest BCUT2D eigenvalue weighted by molar-refractivity contribution is 5.93. The van der Waals surface area contributed by atoms with Gasteiger partial charge in [-0.25, -0.2) is 4.98 Å². The molecule has 1 aliphatic heterocycles. The normalized spacial score (nSPS) is 20.6. The Labute approximate surface area is 142 Å². The second-order valence-electron chi connectivity index (χ2n) is 6.67. The molecule has 1 aliphatic carbocycles. The van der Waals surface area contributed by atoms with Gasteiger partial charge in [-0.15, -0.1) is 0 Å².